The second-order valence-corrected chi connectivity index (χ2v) is 11.0. The fourth-order valence-electron chi connectivity index (χ4n) is 5.28. The van der Waals surface area contributed by atoms with Crippen molar-refractivity contribution in [1.29, 1.82) is 0 Å². The molecule has 172 valence electrons. The predicted molar refractivity (Wildman–Crippen MR) is 124 cm³/mol. The van der Waals surface area contributed by atoms with Crippen LogP contribution in [-0.4, -0.2) is 47.1 Å². The summed E-state index contributed by atoms with van der Waals surface area (Å²) in [7, 11) is 0. The monoisotopic (exact) mass is 448 g/mol. The first kappa shape index (κ1) is 24.1. The molecular weight excluding hydrogens is 412 g/mol. The van der Waals surface area contributed by atoms with E-state index in [0.29, 0.717) is 31.8 Å². The van der Waals surface area contributed by atoms with Gasteiger partial charge in [0.2, 0.25) is 11.8 Å². The molecule has 0 spiro atoms. The molecule has 1 aliphatic heterocycles. The minimum atomic E-state index is -0.538. The van der Waals surface area contributed by atoms with Crippen molar-refractivity contribution in [2.75, 3.05) is 13.1 Å². The molecule has 1 heterocycles. The van der Waals surface area contributed by atoms with Gasteiger partial charge in [0, 0.05) is 24.0 Å². The fourth-order valence-corrected chi connectivity index (χ4v) is 5.41. The lowest BCUT2D eigenvalue weighted by molar-refractivity contribution is -0.141. The number of carbonyl (C=O) groups is 2. The number of hydrogen-bond acceptors (Lipinski definition) is 3. The van der Waals surface area contributed by atoms with Gasteiger partial charge in [0.05, 0.1) is 6.10 Å². The fraction of sp³-hybridized carbons (Fsp3) is 0.680. The van der Waals surface area contributed by atoms with Crippen molar-refractivity contribution in [1.82, 2.24) is 10.2 Å². The zero-order chi connectivity index (χ0) is 22.9. The standard InChI is InChI=1S/C25H37ClN2O3/c1-15(2)22(27-23(30)18-12-16(3)21(29)13-18)24(31)28-11-10-20(25(4,5)14-28)17-6-8-19(26)9-7-17/h6-9,15-16,18,20-22,29H,10-14H2,1-5H3,(H,27,30)/t16-,18?,20?,21-,22-/m1/s1. The molecule has 0 radical (unpaired) electrons. The maximum Gasteiger partial charge on any atom is 0.245 e. The predicted octanol–water partition coefficient (Wildman–Crippen LogP) is 4.23. The van der Waals surface area contributed by atoms with Crippen LogP contribution >= 0.6 is 11.6 Å². The van der Waals surface area contributed by atoms with Gasteiger partial charge < -0.3 is 15.3 Å². The molecule has 2 amide bonds. The summed E-state index contributed by atoms with van der Waals surface area (Å²) in [4.78, 5) is 28.2. The Morgan fingerprint density at radius 3 is 2.35 bits per heavy atom. The average molecular weight is 449 g/mol. The number of likely N-dealkylation sites (tertiary alicyclic amines) is 1. The van der Waals surface area contributed by atoms with Crippen LogP contribution in [0.2, 0.25) is 5.02 Å². The van der Waals surface area contributed by atoms with Gasteiger partial charge in [-0.3, -0.25) is 9.59 Å². The van der Waals surface area contributed by atoms with Gasteiger partial charge in [0.15, 0.2) is 0 Å². The maximum absolute atomic E-state index is 13.4. The van der Waals surface area contributed by atoms with Crippen LogP contribution in [0.5, 0.6) is 0 Å². The number of piperidine rings is 1. The van der Waals surface area contributed by atoms with Crippen LogP contribution in [0.15, 0.2) is 24.3 Å². The lowest BCUT2D eigenvalue weighted by Gasteiger charge is -2.46. The quantitative estimate of drug-likeness (QED) is 0.708. The summed E-state index contributed by atoms with van der Waals surface area (Å²) in [5.74, 6) is 0.144. The molecule has 2 aliphatic rings. The second-order valence-electron chi connectivity index (χ2n) is 10.6. The van der Waals surface area contributed by atoms with E-state index in [2.05, 4.69) is 31.3 Å². The number of aliphatic hydroxyl groups is 1. The third kappa shape index (κ3) is 5.43. The topological polar surface area (TPSA) is 69.6 Å². The lowest BCUT2D eigenvalue weighted by atomic mass is 9.70. The van der Waals surface area contributed by atoms with Crippen LogP contribution in [0.4, 0.5) is 0 Å². The molecule has 5 nitrogen and oxygen atoms in total. The number of hydrogen-bond donors (Lipinski definition) is 2. The third-order valence-corrected chi connectivity index (χ3v) is 7.51. The van der Waals surface area contributed by atoms with E-state index in [0.717, 1.165) is 11.4 Å². The van der Waals surface area contributed by atoms with Gasteiger partial charge in [0.25, 0.3) is 0 Å². The van der Waals surface area contributed by atoms with E-state index in [-0.39, 0.29) is 35.0 Å². The SMILES string of the molecule is CC(C)[C@@H](NC(=O)C1C[C@@H](C)[C@H](O)C1)C(=O)N1CCC(c2ccc(Cl)cc2)C(C)(C)C1. The highest BCUT2D eigenvalue weighted by Gasteiger charge is 2.41. The summed E-state index contributed by atoms with van der Waals surface area (Å²) < 4.78 is 0. The second kappa shape index (κ2) is 9.50. The van der Waals surface area contributed by atoms with Gasteiger partial charge in [-0.15, -0.1) is 0 Å². The van der Waals surface area contributed by atoms with Crippen LogP contribution in [0.3, 0.4) is 0 Å². The summed E-state index contributed by atoms with van der Waals surface area (Å²) in [6.07, 6.45) is 1.60. The average Bonchev–Trinajstić information content (AvgIpc) is 3.04. The highest BCUT2D eigenvalue weighted by Crippen LogP contribution is 2.42. The molecule has 2 fully saturated rings. The molecule has 1 aromatic carbocycles. The molecule has 1 aromatic rings. The van der Waals surface area contributed by atoms with Gasteiger partial charge in [0.1, 0.15) is 6.04 Å². The van der Waals surface area contributed by atoms with Crippen LogP contribution in [-0.2, 0) is 9.59 Å². The Morgan fingerprint density at radius 2 is 1.84 bits per heavy atom. The van der Waals surface area contributed by atoms with E-state index in [1.165, 1.54) is 5.56 Å². The molecule has 1 saturated carbocycles. The number of nitrogens with one attached hydrogen (secondary N) is 1. The highest BCUT2D eigenvalue weighted by molar-refractivity contribution is 6.30. The van der Waals surface area contributed by atoms with Crippen molar-refractivity contribution in [3.63, 3.8) is 0 Å². The van der Waals surface area contributed by atoms with Crippen LogP contribution < -0.4 is 5.32 Å². The summed E-state index contributed by atoms with van der Waals surface area (Å²) in [5.41, 5.74) is 1.17. The molecule has 2 unspecified atom stereocenters. The number of amides is 2. The molecular formula is C25H37ClN2O3. The zero-order valence-electron chi connectivity index (χ0n) is 19.4. The van der Waals surface area contributed by atoms with Crippen molar-refractivity contribution in [2.24, 2.45) is 23.2 Å². The van der Waals surface area contributed by atoms with E-state index in [1.54, 1.807) is 0 Å². The Hall–Kier alpha value is -1.59. The Morgan fingerprint density at radius 1 is 1.19 bits per heavy atom. The molecule has 2 N–H and O–H groups in total. The summed E-state index contributed by atoms with van der Waals surface area (Å²) in [5, 5.41) is 13.7. The molecule has 0 aromatic heterocycles. The first-order valence-corrected chi connectivity index (χ1v) is 11.9. The Labute approximate surface area is 191 Å². The van der Waals surface area contributed by atoms with Crippen LogP contribution in [0, 0.1) is 23.2 Å². The minimum absolute atomic E-state index is 0.00225. The van der Waals surface area contributed by atoms with Crippen LogP contribution in [0.1, 0.15) is 65.4 Å². The number of rotatable bonds is 5. The number of carbonyl (C=O) groups excluding carboxylic acids is 2. The number of aliphatic hydroxyl groups excluding tert-OH is 1. The van der Waals surface area contributed by atoms with Gasteiger partial charge in [-0.1, -0.05) is 58.4 Å². The molecule has 3 rings (SSSR count). The van der Waals surface area contributed by atoms with E-state index in [1.807, 2.05) is 37.8 Å². The van der Waals surface area contributed by atoms with Crippen molar-refractivity contribution < 1.29 is 14.7 Å². The van der Waals surface area contributed by atoms with Gasteiger partial charge in [-0.25, -0.2) is 0 Å². The first-order chi connectivity index (χ1) is 14.5. The van der Waals surface area contributed by atoms with Crippen molar-refractivity contribution in [2.45, 2.75) is 71.9 Å². The molecule has 31 heavy (non-hydrogen) atoms. The van der Waals surface area contributed by atoms with Crippen molar-refractivity contribution in [3.05, 3.63) is 34.9 Å². The molecule has 1 aliphatic carbocycles. The molecule has 6 heteroatoms. The van der Waals surface area contributed by atoms with Gasteiger partial charge in [-0.2, -0.15) is 0 Å². The summed E-state index contributed by atoms with van der Waals surface area (Å²) in [6, 6.07) is 7.48. The zero-order valence-corrected chi connectivity index (χ0v) is 20.2. The Kier molecular flexibility index (Phi) is 7.37. The van der Waals surface area contributed by atoms with E-state index < -0.39 is 12.1 Å². The van der Waals surface area contributed by atoms with Crippen LogP contribution in [0.25, 0.3) is 0 Å². The maximum atomic E-state index is 13.4. The summed E-state index contributed by atoms with van der Waals surface area (Å²) in [6.45, 7) is 11.6. The van der Waals surface area contributed by atoms with E-state index in [4.69, 9.17) is 11.6 Å². The summed E-state index contributed by atoms with van der Waals surface area (Å²) >= 11 is 6.05. The van der Waals surface area contributed by atoms with Crippen molar-refractivity contribution in [3.8, 4) is 0 Å². The number of benzene rings is 1. The number of nitrogens with zero attached hydrogens (tertiary/aromatic N) is 1. The number of halogens is 1. The molecule has 1 saturated heterocycles. The smallest absolute Gasteiger partial charge is 0.245 e. The third-order valence-electron chi connectivity index (χ3n) is 7.25. The first-order valence-electron chi connectivity index (χ1n) is 11.5. The van der Waals surface area contributed by atoms with Gasteiger partial charge in [-0.05, 0) is 60.1 Å². The van der Waals surface area contributed by atoms with E-state index in [9.17, 15) is 14.7 Å². The van der Waals surface area contributed by atoms with Crippen molar-refractivity contribution >= 4 is 23.4 Å². The normalized spacial score (nSPS) is 29.1. The Balaban J connectivity index is 1.67. The van der Waals surface area contributed by atoms with Gasteiger partial charge >= 0.3 is 0 Å². The van der Waals surface area contributed by atoms with E-state index >= 15 is 0 Å². The Bertz CT molecular complexity index is 782. The lowest BCUT2D eigenvalue weighted by Crippen LogP contribution is -2.56. The highest BCUT2D eigenvalue weighted by atomic mass is 35.5. The minimum Gasteiger partial charge on any atom is -0.393 e. The largest absolute Gasteiger partial charge is 0.393 e. The molecule has 5 atom stereocenters. The molecule has 0 bridgehead atoms.